The molecule has 0 amide bonds. The summed E-state index contributed by atoms with van der Waals surface area (Å²) in [4.78, 5) is 0. The van der Waals surface area contributed by atoms with Gasteiger partial charge in [-0.2, -0.15) is 0 Å². The van der Waals surface area contributed by atoms with Crippen LogP contribution in [0.15, 0.2) is 0 Å². The third-order valence-corrected chi connectivity index (χ3v) is 1.44. The summed E-state index contributed by atoms with van der Waals surface area (Å²) in [6, 6.07) is 0. The second kappa shape index (κ2) is 2.62. The maximum atomic E-state index is 8.92. The van der Waals surface area contributed by atoms with Gasteiger partial charge in [0.25, 0.3) is 0 Å². The standard InChI is InChI=1S/C5H10O4/c6-1-4-5(8)3(7)2-9-4/h3-8H,1-2H2/t3-,4+,5?/m1/s1. The van der Waals surface area contributed by atoms with Crippen LogP contribution in [0, 0.1) is 0 Å². The first-order valence-electron chi connectivity index (χ1n) is 2.84. The molecule has 0 aromatic heterocycles. The van der Waals surface area contributed by atoms with Gasteiger partial charge in [0.2, 0.25) is 0 Å². The highest BCUT2D eigenvalue weighted by atomic mass is 16.5. The molecule has 9 heavy (non-hydrogen) atoms. The van der Waals surface area contributed by atoms with Gasteiger partial charge in [-0.05, 0) is 0 Å². The van der Waals surface area contributed by atoms with Crippen LogP contribution in [0.1, 0.15) is 0 Å². The van der Waals surface area contributed by atoms with E-state index in [1.165, 1.54) is 0 Å². The fraction of sp³-hybridized carbons (Fsp3) is 1.00. The van der Waals surface area contributed by atoms with E-state index in [-0.39, 0.29) is 13.2 Å². The predicted octanol–water partition coefficient (Wildman–Crippen LogP) is -1.90. The number of hydrogen-bond acceptors (Lipinski definition) is 4. The molecule has 0 radical (unpaired) electrons. The van der Waals surface area contributed by atoms with Gasteiger partial charge < -0.3 is 20.1 Å². The van der Waals surface area contributed by atoms with Crippen LogP contribution in [-0.4, -0.2) is 46.8 Å². The molecule has 0 aromatic rings. The summed E-state index contributed by atoms with van der Waals surface area (Å²) in [5, 5.41) is 26.2. The molecule has 1 fully saturated rings. The Morgan fingerprint density at radius 3 is 2.33 bits per heavy atom. The molecule has 1 aliphatic rings. The lowest BCUT2D eigenvalue weighted by Gasteiger charge is -2.10. The van der Waals surface area contributed by atoms with E-state index >= 15 is 0 Å². The van der Waals surface area contributed by atoms with E-state index in [1.807, 2.05) is 0 Å². The molecule has 1 aliphatic heterocycles. The minimum atomic E-state index is -0.921. The normalized spacial score (nSPS) is 43.7. The Hall–Kier alpha value is -0.160. The molecule has 0 spiro atoms. The first-order valence-corrected chi connectivity index (χ1v) is 2.84. The van der Waals surface area contributed by atoms with Gasteiger partial charge in [-0.1, -0.05) is 0 Å². The van der Waals surface area contributed by atoms with Gasteiger partial charge in [0.15, 0.2) is 0 Å². The fourth-order valence-electron chi connectivity index (χ4n) is 0.828. The van der Waals surface area contributed by atoms with Crippen molar-refractivity contribution in [2.75, 3.05) is 13.2 Å². The van der Waals surface area contributed by atoms with Crippen LogP contribution in [0.3, 0.4) is 0 Å². The Morgan fingerprint density at radius 2 is 2.11 bits per heavy atom. The number of rotatable bonds is 1. The lowest BCUT2D eigenvalue weighted by atomic mass is 10.2. The highest BCUT2D eigenvalue weighted by Gasteiger charge is 2.33. The minimum Gasteiger partial charge on any atom is -0.394 e. The van der Waals surface area contributed by atoms with Crippen LogP contribution in [-0.2, 0) is 4.74 Å². The first-order chi connectivity index (χ1) is 4.25. The van der Waals surface area contributed by atoms with E-state index in [4.69, 9.17) is 20.1 Å². The lowest BCUT2D eigenvalue weighted by Crippen LogP contribution is -2.31. The average molecular weight is 134 g/mol. The quantitative estimate of drug-likeness (QED) is 0.392. The van der Waals surface area contributed by atoms with Crippen LogP contribution >= 0.6 is 0 Å². The molecule has 4 nitrogen and oxygen atoms in total. The number of aliphatic hydroxyl groups excluding tert-OH is 3. The Labute approximate surface area is 52.7 Å². The van der Waals surface area contributed by atoms with E-state index in [0.29, 0.717) is 0 Å². The molecule has 0 aromatic carbocycles. The van der Waals surface area contributed by atoms with Crippen molar-refractivity contribution in [1.29, 1.82) is 0 Å². The monoisotopic (exact) mass is 134 g/mol. The molecule has 4 heteroatoms. The fourth-order valence-corrected chi connectivity index (χ4v) is 0.828. The van der Waals surface area contributed by atoms with Gasteiger partial charge in [-0.25, -0.2) is 0 Å². The number of hydrogen-bond donors (Lipinski definition) is 3. The zero-order chi connectivity index (χ0) is 6.85. The molecule has 0 saturated carbocycles. The molecule has 3 atom stereocenters. The zero-order valence-corrected chi connectivity index (χ0v) is 4.90. The SMILES string of the molecule is OC[C@@H]1OC[C@@H](O)C1O. The van der Waals surface area contributed by atoms with Crippen molar-refractivity contribution in [3.05, 3.63) is 0 Å². The molecule has 1 heterocycles. The van der Waals surface area contributed by atoms with E-state index in [0.717, 1.165) is 0 Å². The average Bonchev–Trinajstić information content (AvgIpc) is 2.15. The van der Waals surface area contributed by atoms with E-state index < -0.39 is 18.3 Å². The summed E-state index contributed by atoms with van der Waals surface area (Å²) < 4.78 is 4.78. The lowest BCUT2D eigenvalue weighted by molar-refractivity contribution is -0.00588. The summed E-state index contributed by atoms with van der Waals surface area (Å²) in [6.07, 6.45) is -2.35. The summed E-state index contributed by atoms with van der Waals surface area (Å²) in [5.74, 6) is 0. The van der Waals surface area contributed by atoms with Crippen molar-refractivity contribution in [1.82, 2.24) is 0 Å². The van der Waals surface area contributed by atoms with E-state index in [9.17, 15) is 0 Å². The minimum absolute atomic E-state index is 0.117. The van der Waals surface area contributed by atoms with Crippen molar-refractivity contribution < 1.29 is 20.1 Å². The molecule has 54 valence electrons. The topological polar surface area (TPSA) is 69.9 Å². The zero-order valence-electron chi connectivity index (χ0n) is 4.90. The third kappa shape index (κ3) is 1.21. The molecular formula is C5H10O4. The van der Waals surface area contributed by atoms with Gasteiger partial charge >= 0.3 is 0 Å². The Balaban J connectivity index is 2.41. The van der Waals surface area contributed by atoms with Crippen molar-refractivity contribution in [2.24, 2.45) is 0 Å². The summed E-state index contributed by atoms with van der Waals surface area (Å²) in [7, 11) is 0. The van der Waals surface area contributed by atoms with Gasteiger partial charge in [-0.15, -0.1) is 0 Å². The van der Waals surface area contributed by atoms with Gasteiger partial charge in [0.1, 0.15) is 18.3 Å². The number of ether oxygens (including phenoxy) is 1. The molecule has 0 aliphatic carbocycles. The molecule has 1 unspecified atom stereocenters. The molecule has 3 N–H and O–H groups in total. The second-order valence-electron chi connectivity index (χ2n) is 2.11. The summed E-state index contributed by atoms with van der Waals surface area (Å²) in [6.45, 7) is -0.120. The molecular weight excluding hydrogens is 124 g/mol. The Kier molecular flexibility index (Phi) is 2.02. The van der Waals surface area contributed by atoms with Gasteiger partial charge in [-0.3, -0.25) is 0 Å². The van der Waals surface area contributed by atoms with E-state index in [2.05, 4.69) is 0 Å². The highest BCUT2D eigenvalue weighted by Crippen LogP contribution is 2.12. The molecule has 1 saturated heterocycles. The smallest absolute Gasteiger partial charge is 0.110 e. The Bertz CT molecular complexity index is 95.0. The van der Waals surface area contributed by atoms with Crippen LogP contribution in [0.4, 0.5) is 0 Å². The largest absolute Gasteiger partial charge is 0.394 e. The van der Waals surface area contributed by atoms with Crippen LogP contribution in [0.5, 0.6) is 0 Å². The highest BCUT2D eigenvalue weighted by molar-refractivity contribution is 4.81. The first kappa shape index (κ1) is 6.95. The maximum absolute atomic E-state index is 8.92. The van der Waals surface area contributed by atoms with Crippen LogP contribution in [0.2, 0.25) is 0 Å². The summed E-state index contributed by atoms with van der Waals surface area (Å²) in [5.41, 5.74) is 0. The summed E-state index contributed by atoms with van der Waals surface area (Å²) >= 11 is 0. The maximum Gasteiger partial charge on any atom is 0.110 e. The second-order valence-corrected chi connectivity index (χ2v) is 2.11. The van der Waals surface area contributed by atoms with Crippen molar-refractivity contribution in [3.8, 4) is 0 Å². The molecule has 0 bridgehead atoms. The van der Waals surface area contributed by atoms with Crippen LogP contribution < -0.4 is 0 Å². The van der Waals surface area contributed by atoms with Crippen molar-refractivity contribution in [2.45, 2.75) is 18.3 Å². The van der Waals surface area contributed by atoms with Gasteiger partial charge in [0.05, 0.1) is 13.2 Å². The van der Waals surface area contributed by atoms with E-state index in [1.54, 1.807) is 0 Å². The molecule has 1 rings (SSSR count). The predicted molar refractivity (Wildman–Crippen MR) is 28.8 cm³/mol. The van der Waals surface area contributed by atoms with Gasteiger partial charge in [0, 0.05) is 0 Å². The Morgan fingerprint density at radius 1 is 1.44 bits per heavy atom. The third-order valence-electron chi connectivity index (χ3n) is 1.44. The van der Waals surface area contributed by atoms with Crippen molar-refractivity contribution >= 4 is 0 Å². The van der Waals surface area contributed by atoms with Crippen LogP contribution in [0.25, 0.3) is 0 Å². The van der Waals surface area contributed by atoms with Crippen molar-refractivity contribution in [3.63, 3.8) is 0 Å². The number of aliphatic hydroxyl groups is 3.